The number of allylic oxidation sites excluding steroid dienone is 3. The molecule has 3 aliphatic rings. The second kappa shape index (κ2) is 5.79. The third kappa shape index (κ3) is 3.49. The van der Waals surface area contributed by atoms with Crippen molar-refractivity contribution in [3.63, 3.8) is 0 Å². The SMILES string of the molecule is C=C(C)C1CCC2(C)OC2CCC(C)=CCCC2(C)OC2C1. The molecular formula is C20H32O2. The summed E-state index contributed by atoms with van der Waals surface area (Å²) in [5.74, 6) is 0.578. The zero-order chi connectivity index (χ0) is 16.0. The minimum Gasteiger partial charge on any atom is -0.366 e. The third-order valence-corrected chi connectivity index (χ3v) is 6.19. The molecule has 2 heteroatoms. The maximum absolute atomic E-state index is 6.06. The molecule has 124 valence electrons. The van der Waals surface area contributed by atoms with Crippen molar-refractivity contribution >= 4 is 0 Å². The number of fused-ring (bicyclic) bond motifs is 2. The van der Waals surface area contributed by atoms with Gasteiger partial charge in [0.05, 0.1) is 23.4 Å². The molecule has 5 unspecified atom stereocenters. The molecule has 2 nitrogen and oxygen atoms in total. The van der Waals surface area contributed by atoms with Crippen LogP contribution in [0.1, 0.15) is 72.6 Å². The van der Waals surface area contributed by atoms with Crippen LogP contribution in [0.4, 0.5) is 0 Å². The zero-order valence-electron chi connectivity index (χ0n) is 14.8. The van der Waals surface area contributed by atoms with Crippen LogP contribution in [0.2, 0.25) is 0 Å². The van der Waals surface area contributed by atoms with Crippen LogP contribution in [0.15, 0.2) is 23.8 Å². The first kappa shape index (κ1) is 16.3. The van der Waals surface area contributed by atoms with Crippen LogP contribution in [0, 0.1) is 5.92 Å². The van der Waals surface area contributed by atoms with Crippen LogP contribution < -0.4 is 0 Å². The maximum Gasteiger partial charge on any atom is 0.0923 e. The molecule has 0 radical (unpaired) electrons. The van der Waals surface area contributed by atoms with E-state index in [2.05, 4.69) is 40.3 Å². The van der Waals surface area contributed by atoms with Crippen LogP contribution in [-0.4, -0.2) is 23.4 Å². The van der Waals surface area contributed by atoms with Crippen molar-refractivity contribution < 1.29 is 9.47 Å². The lowest BCUT2D eigenvalue weighted by molar-refractivity contribution is 0.269. The second-order valence-corrected chi connectivity index (χ2v) is 8.28. The molecule has 2 heterocycles. The van der Waals surface area contributed by atoms with Gasteiger partial charge < -0.3 is 9.47 Å². The van der Waals surface area contributed by atoms with E-state index >= 15 is 0 Å². The Balaban J connectivity index is 1.69. The van der Waals surface area contributed by atoms with E-state index in [1.165, 1.54) is 30.4 Å². The molecule has 22 heavy (non-hydrogen) atoms. The average Bonchev–Trinajstić information content (AvgIpc) is 3.28. The summed E-state index contributed by atoms with van der Waals surface area (Å²) in [6.45, 7) is 13.2. The predicted molar refractivity (Wildman–Crippen MR) is 90.9 cm³/mol. The predicted octanol–water partition coefficient (Wildman–Crippen LogP) is 5.18. The topological polar surface area (TPSA) is 25.1 Å². The number of ether oxygens (including phenoxy) is 2. The van der Waals surface area contributed by atoms with Crippen molar-refractivity contribution in [3.05, 3.63) is 23.8 Å². The molecule has 0 spiro atoms. The fourth-order valence-corrected chi connectivity index (χ4v) is 4.03. The molecule has 0 N–H and O–H groups in total. The van der Waals surface area contributed by atoms with Gasteiger partial charge in [-0.1, -0.05) is 23.8 Å². The molecule has 0 saturated carbocycles. The Labute approximate surface area is 136 Å². The van der Waals surface area contributed by atoms with Crippen LogP contribution in [0.3, 0.4) is 0 Å². The lowest BCUT2D eigenvalue weighted by Crippen LogP contribution is -2.17. The summed E-state index contributed by atoms with van der Waals surface area (Å²) < 4.78 is 12.1. The second-order valence-electron chi connectivity index (χ2n) is 8.28. The summed E-state index contributed by atoms with van der Waals surface area (Å²) >= 11 is 0. The Bertz CT molecular complexity index is 480. The molecule has 5 atom stereocenters. The highest BCUT2D eigenvalue weighted by Gasteiger charge is 2.53. The van der Waals surface area contributed by atoms with E-state index in [4.69, 9.17) is 9.47 Å². The Morgan fingerprint density at radius 3 is 2.55 bits per heavy atom. The van der Waals surface area contributed by atoms with E-state index in [0.29, 0.717) is 18.1 Å². The van der Waals surface area contributed by atoms with Crippen LogP contribution >= 0.6 is 0 Å². The van der Waals surface area contributed by atoms with Crippen molar-refractivity contribution in [2.24, 2.45) is 5.92 Å². The highest BCUT2D eigenvalue weighted by Crippen LogP contribution is 2.48. The fourth-order valence-electron chi connectivity index (χ4n) is 4.03. The molecule has 2 aliphatic heterocycles. The monoisotopic (exact) mass is 304 g/mol. The van der Waals surface area contributed by atoms with Crippen molar-refractivity contribution in [2.75, 3.05) is 0 Å². The first-order valence-corrected chi connectivity index (χ1v) is 8.99. The average molecular weight is 304 g/mol. The van der Waals surface area contributed by atoms with Gasteiger partial charge in [-0.2, -0.15) is 0 Å². The molecule has 1 aliphatic carbocycles. The standard InChI is InChI=1S/C20H32O2/c1-14(2)16-10-12-20(5)17(21-20)9-8-15(3)7-6-11-19(4)18(13-16)22-19/h7,16-18H,1,6,8-13H2,2-5H3. The maximum atomic E-state index is 6.06. The van der Waals surface area contributed by atoms with Crippen molar-refractivity contribution in [3.8, 4) is 0 Å². The highest BCUT2D eigenvalue weighted by atomic mass is 16.6. The van der Waals surface area contributed by atoms with Gasteiger partial charge in [0.15, 0.2) is 0 Å². The van der Waals surface area contributed by atoms with Gasteiger partial charge >= 0.3 is 0 Å². The Morgan fingerprint density at radius 2 is 1.82 bits per heavy atom. The Kier molecular flexibility index (Phi) is 4.28. The van der Waals surface area contributed by atoms with Gasteiger partial charge in [-0.3, -0.25) is 0 Å². The van der Waals surface area contributed by atoms with E-state index in [0.717, 1.165) is 25.7 Å². The Morgan fingerprint density at radius 1 is 1.14 bits per heavy atom. The van der Waals surface area contributed by atoms with Gasteiger partial charge in [-0.25, -0.2) is 0 Å². The smallest absolute Gasteiger partial charge is 0.0923 e. The molecule has 2 saturated heterocycles. The molecular weight excluding hydrogens is 272 g/mol. The molecule has 0 aromatic heterocycles. The van der Waals surface area contributed by atoms with E-state index in [1.54, 1.807) is 0 Å². The van der Waals surface area contributed by atoms with Gasteiger partial charge in [0, 0.05) is 0 Å². The quantitative estimate of drug-likeness (QED) is 0.492. The molecule has 0 amide bonds. The van der Waals surface area contributed by atoms with E-state index in [9.17, 15) is 0 Å². The summed E-state index contributed by atoms with van der Waals surface area (Å²) in [6.07, 6.45) is 11.4. The fraction of sp³-hybridized carbons (Fsp3) is 0.800. The normalized spacial score (nSPS) is 45.8. The number of rotatable bonds is 1. The van der Waals surface area contributed by atoms with Gasteiger partial charge in [-0.15, -0.1) is 0 Å². The summed E-state index contributed by atoms with van der Waals surface area (Å²) in [4.78, 5) is 0. The van der Waals surface area contributed by atoms with Gasteiger partial charge in [0.2, 0.25) is 0 Å². The summed E-state index contributed by atoms with van der Waals surface area (Å²) in [6, 6.07) is 0. The number of hydrogen-bond donors (Lipinski definition) is 0. The summed E-state index contributed by atoms with van der Waals surface area (Å²) in [5.41, 5.74) is 3.04. The van der Waals surface area contributed by atoms with Crippen LogP contribution in [0.5, 0.6) is 0 Å². The zero-order valence-corrected chi connectivity index (χ0v) is 14.8. The van der Waals surface area contributed by atoms with Crippen molar-refractivity contribution in [2.45, 2.75) is 96.1 Å². The molecule has 0 aromatic rings. The molecule has 2 fully saturated rings. The number of epoxide rings is 2. The minimum absolute atomic E-state index is 0.108. The third-order valence-electron chi connectivity index (χ3n) is 6.19. The minimum atomic E-state index is 0.108. The molecule has 0 bridgehead atoms. The van der Waals surface area contributed by atoms with Gasteiger partial charge in [0.25, 0.3) is 0 Å². The van der Waals surface area contributed by atoms with Crippen LogP contribution in [0.25, 0.3) is 0 Å². The van der Waals surface area contributed by atoms with Gasteiger partial charge in [0.1, 0.15) is 0 Å². The first-order chi connectivity index (χ1) is 10.3. The van der Waals surface area contributed by atoms with Gasteiger partial charge in [-0.05, 0) is 78.6 Å². The van der Waals surface area contributed by atoms with E-state index in [1.807, 2.05) is 0 Å². The molecule has 0 aromatic carbocycles. The molecule has 3 rings (SSSR count). The Hall–Kier alpha value is -0.600. The van der Waals surface area contributed by atoms with Crippen molar-refractivity contribution in [1.82, 2.24) is 0 Å². The first-order valence-electron chi connectivity index (χ1n) is 8.99. The van der Waals surface area contributed by atoms with E-state index in [-0.39, 0.29) is 11.2 Å². The lowest BCUT2D eigenvalue weighted by Gasteiger charge is -2.18. The highest BCUT2D eigenvalue weighted by molar-refractivity contribution is 5.10. The summed E-state index contributed by atoms with van der Waals surface area (Å²) in [7, 11) is 0. The lowest BCUT2D eigenvalue weighted by atomic mass is 9.84. The summed E-state index contributed by atoms with van der Waals surface area (Å²) in [5, 5.41) is 0. The van der Waals surface area contributed by atoms with Crippen LogP contribution in [-0.2, 0) is 9.47 Å². The number of hydrogen-bond acceptors (Lipinski definition) is 2. The van der Waals surface area contributed by atoms with E-state index < -0.39 is 0 Å². The largest absolute Gasteiger partial charge is 0.366 e. The van der Waals surface area contributed by atoms with Crippen molar-refractivity contribution in [1.29, 1.82) is 0 Å².